The van der Waals surface area contributed by atoms with Gasteiger partial charge >= 0.3 is 5.63 Å². The lowest BCUT2D eigenvalue weighted by Crippen LogP contribution is -2.26. The van der Waals surface area contributed by atoms with Gasteiger partial charge < -0.3 is 14.9 Å². The van der Waals surface area contributed by atoms with E-state index in [9.17, 15) is 4.79 Å². The van der Waals surface area contributed by atoms with Crippen molar-refractivity contribution in [3.63, 3.8) is 0 Å². The number of hydrogen-bond acceptors (Lipinski definition) is 5. The molecule has 0 radical (unpaired) electrons. The quantitative estimate of drug-likeness (QED) is 0.384. The van der Waals surface area contributed by atoms with Crippen LogP contribution in [0.4, 0.5) is 0 Å². The molecule has 104 valence electrons. The van der Waals surface area contributed by atoms with Crippen molar-refractivity contribution in [1.82, 2.24) is 5.43 Å². The van der Waals surface area contributed by atoms with Crippen molar-refractivity contribution in [2.24, 2.45) is 10.8 Å². The molecule has 0 aliphatic carbocycles. The Morgan fingerprint density at radius 1 is 1.50 bits per heavy atom. The summed E-state index contributed by atoms with van der Waals surface area (Å²) in [5.74, 6) is 0.502. The van der Waals surface area contributed by atoms with Crippen molar-refractivity contribution in [2.75, 3.05) is 7.11 Å². The van der Waals surface area contributed by atoms with Gasteiger partial charge in [-0.3, -0.25) is 5.43 Å². The molecule has 7 heteroatoms. The van der Waals surface area contributed by atoms with Gasteiger partial charge in [0, 0.05) is 5.39 Å². The second-order valence-electron chi connectivity index (χ2n) is 4.00. The number of nitrogens with zero attached hydrogens (tertiary/aromatic N) is 1. The zero-order chi connectivity index (χ0) is 14.7. The van der Waals surface area contributed by atoms with Crippen molar-refractivity contribution < 1.29 is 9.15 Å². The molecule has 6 nitrogen and oxygen atoms in total. The summed E-state index contributed by atoms with van der Waals surface area (Å²) in [5.41, 5.74) is 8.36. The molecule has 0 amide bonds. The molecule has 2 aromatic rings. The molecule has 1 aromatic heterocycles. The van der Waals surface area contributed by atoms with Crippen molar-refractivity contribution in [2.45, 2.75) is 6.92 Å². The van der Waals surface area contributed by atoms with Crippen molar-refractivity contribution >= 4 is 34.0 Å². The van der Waals surface area contributed by atoms with E-state index < -0.39 is 5.63 Å². The number of thiocarbonyl (C=S) groups is 1. The first-order valence-corrected chi connectivity index (χ1v) is 6.14. The van der Waals surface area contributed by atoms with Crippen LogP contribution in [0.2, 0.25) is 0 Å². The predicted molar refractivity (Wildman–Crippen MR) is 81.2 cm³/mol. The van der Waals surface area contributed by atoms with E-state index in [2.05, 4.69) is 22.7 Å². The highest BCUT2D eigenvalue weighted by Gasteiger charge is 2.11. The summed E-state index contributed by atoms with van der Waals surface area (Å²) in [4.78, 5) is 12.0. The Balaban J connectivity index is 2.57. The minimum Gasteiger partial charge on any atom is -0.493 e. The topological polar surface area (TPSA) is 89.9 Å². The number of hydrogen-bond donors (Lipinski definition) is 2. The molecular formula is C13H13N3O3S. The number of methoxy groups -OCH3 is 1. The second kappa shape index (κ2) is 5.70. The summed E-state index contributed by atoms with van der Waals surface area (Å²) >= 11 is 4.65. The minimum absolute atomic E-state index is 0.0243. The molecule has 0 unspecified atom stereocenters. The zero-order valence-electron chi connectivity index (χ0n) is 11.0. The fraction of sp³-hybridized carbons (Fsp3) is 0.154. The third-order valence-corrected chi connectivity index (χ3v) is 2.76. The van der Waals surface area contributed by atoms with Gasteiger partial charge in [0.25, 0.3) is 0 Å². The van der Waals surface area contributed by atoms with Crippen LogP contribution in [-0.2, 0) is 0 Å². The van der Waals surface area contributed by atoms with Gasteiger partial charge in [-0.1, -0.05) is 12.1 Å². The Bertz CT molecular complexity index is 752. The number of rotatable bonds is 3. The summed E-state index contributed by atoms with van der Waals surface area (Å²) in [5, 5.41) is 4.68. The van der Waals surface area contributed by atoms with Gasteiger partial charge in [-0.2, -0.15) is 5.10 Å². The van der Waals surface area contributed by atoms with Crippen LogP contribution >= 0.6 is 12.2 Å². The molecule has 0 fully saturated rings. The van der Waals surface area contributed by atoms with Crippen LogP contribution in [-0.4, -0.2) is 17.9 Å². The number of ether oxygens (including phenoxy) is 1. The van der Waals surface area contributed by atoms with E-state index in [4.69, 9.17) is 14.9 Å². The number of nitrogens with one attached hydrogen (secondary N) is 1. The van der Waals surface area contributed by atoms with Crippen molar-refractivity contribution in [3.8, 4) is 5.75 Å². The van der Waals surface area contributed by atoms with Crippen LogP contribution in [0, 0.1) is 0 Å². The molecular weight excluding hydrogens is 278 g/mol. The Kier molecular flexibility index (Phi) is 3.99. The van der Waals surface area contributed by atoms with E-state index in [-0.39, 0.29) is 5.11 Å². The molecule has 0 saturated heterocycles. The van der Waals surface area contributed by atoms with Gasteiger partial charge in [0.15, 0.2) is 16.4 Å². The maximum Gasteiger partial charge on any atom is 0.345 e. The van der Waals surface area contributed by atoms with Crippen molar-refractivity contribution in [1.29, 1.82) is 0 Å². The largest absolute Gasteiger partial charge is 0.493 e. The molecule has 3 N–H and O–H groups in total. The van der Waals surface area contributed by atoms with E-state index in [1.807, 2.05) is 12.1 Å². The summed E-state index contributed by atoms with van der Waals surface area (Å²) < 4.78 is 10.4. The third-order valence-electron chi connectivity index (χ3n) is 2.67. The highest BCUT2D eigenvalue weighted by Crippen LogP contribution is 2.24. The smallest absolute Gasteiger partial charge is 0.345 e. The molecule has 20 heavy (non-hydrogen) atoms. The molecule has 0 aliphatic heterocycles. The Labute approximate surface area is 120 Å². The summed E-state index contributed by atoms with van der Waals surface area (Å²) in [7, 11) is 1.52. The highest BCUT2D eigenvalue weighted by molar-refractivity contribution is 7.80. The Morgan fingerprint density at radius 2 is 2.25 bits per heavy atom. The first-order valence-electron chi connectivity index (χ1n) is 5.74. The lowest BCUT2D eigenvalue weighted by molar-refractivity contribution is 0.406. The number of hydrazone groups is 1. The molecule has 0 spiro atoms. The average molecular weight is 291 g/mol. The molecule has 1 aromatic carbocycles. The fourth-order valence-corrected chi connectivity index (χ4v) is 1.78. The predicted octanol–water partition coefficient (Wildman–Crippen LogP) is 1.36. The van der Waals surface area contributed by atoms with Crippen LogP contribution in [0.25, 0.3) is 11.0 Å². The molecule has 1 heterocycles. The van der Waals surface area contributed by atoms with Crippen molar-refractivity contribution in [3.05, 3.63) is 40.2 Å². The SMILES string of the molecule is COc1cccc2cc(C(C)=NNC(N)=S)c(=O)oc12. The number of benzene rings is 1. The van der Waals surface area contributed by atoms with Gasteiger partial charge in [0.1, 0.15) is 0 Å². The van der Waals surface area contributed by atoms with Crippen LogP contribution in [0.5, 0.6) is 5.75 Å². The van der Waals surface area contributed by atoms with E-state index in [1.54, 1.807) is 19.1 Å². The second-order valence-corrected chi connectivity index (χ2v) is 4.44. The van der Waals surface area contributed by atoms with Crippen LogP contribution in [0.3, 0.4) is 0 Å². The number of para-hydroxylation sites is 1. The maximum atomic E-state index is 12.0. The first kappa shape index (κ1) is 14.0. The monoisotopic (exact) mass is 291 g/mol. The van der Waals surface area contributed by atoms with Crippen LogP contribution in [0.15, 0.2) is 38.6 Å². The van der Waals surface area contributed by atoms with Gasteiger partial charge in [0.2, 0.25) is 0 Å². The number of nitrogens with two attached hydrogens (primary N) is 1. The van der Waals surface area contributed by atoms with E-state index in [0.29, 0.717) is 22.6 Å². The first-order chi connectivity index (χ1) is 9.52. The Morgan fingerprint density at radius 3 is 2.90 bits per heavy atom. The molecule has 0 saturated carbocycles. The van der Waals surface area contributed by atoms with Gasteiger partial charge in [-0.15, -0.1) is 0 Å². The maximum absolute atomic E-state index is 12.0. The minimum atomic E-state index is -0.506. The molecule has 0 aliphatic rings. The standard InChI is InChI=1S/C13H13N3O3S/c1-7(15-16-13(14)20)9-6-8-4-3-5-10(18-2)11(8)19-12(9)17/h3-6H,1-2H3,(H3,14,16,20). The average Bonchev–Trinajstić information content (AvgIpc) is 2.43. The lowest BCUT2D eigenvalue weighted by Gasteiger charge is -2.05. The van der Waals surface area contributed by atoms with E-state index in [0.717, 1.165) is 5.39 Å². The number of fused-ring (bicyclic) bond motifs is 1. The molecule has 0 atom stereocenters. The van der Waals surface area contributed by atoms with Crippen LogP contribution in [0.1, 0.15) is 12.5 Å². The highest BCUT2D eigenvalue weighted by atomic mass is 32.1. The van der Waals surface area contributed by atoms with Gasteiger partial charge in [0.05, 0.1) is 18.4 Å². The Hall–Kier alpha value is -2.41. The molecule has 0 bridgehead atoms. The van der Waals surface area contributed by atoms with Gasteiger partial charge in [-0.25, -0.2) is 4.79 Å². The third kappa shape index (κ3) is 2.77. The van der Waals surface area contributed by atoms with E-state index in [1.165, 1.54) is 7.11 Å². The normalized spacial score (nSPS) is 11.4. The summed E-state index contributed by atoms with van der Waals surface area (Å²) in [6.45, 7) is 1.66. The molecule has 2 rings (SSSR count). The van der Waals surface area contributed by atoms with Crippen LogP contribution < -0.4 is 21.5 Å². The van der Waals surface area contributed by atoms with Gasteiger partial charge in [-0.05, 0) is 31.3 Å². The van der Waals surface area contributed by atoms with E-state index >= 15 is 0 Å². The summed E-state index contributed by atoms with van der Waals surface area (Å²) in [6, 6.07) is 7.04. The fourth-order valence-electron chi connectivity index (χ4n) is 1.73. The summed E-state index contributed by atoms with van der Waals surface area (Å²) in [6.07, 6.45) is 0. The zero-order valence-corrected chi connectivity index (χ0v) is 11.8. The lowest BCUT2D eigenvalue weighted by atomic mass is 10.1.